The Kier molecular flexibility index (Phi) is 51.5. The quantitative estimate of drug-likeness (QED) is 0.0244. The minimum atomic E-state index is -0.801. The molecule has 0 radical (unpaired) electrons. The van der Waals surface area contributed by atoms with Crippen LogP contribution < -0.4 is 5.32 Å². The highest BCUT2D eigenvalue weighted by atomic mass is 16.5. The van der Waals surface area contributed by atoms with Crippen molar-refractivity contribution < 1.29 is 24.5 Å². The first-order valence-corrected chi connectivity index (χ1v) is 28.5. The van der Waals surface area contributed by atoms with Crippen molar-refractivity contribution in [1.29, 1.82) is 0 Å². The number of aliphatic hydroxyl groups is 2. The lowest BCUT2D eigenvalue weighted by atomic mass is 10.0. The van der Waals surface area contributed by atoms with Crippen LogP contribution in [-0.4, -0.2) is 46.9 Å². The number of amides is 1. The molecule has 0 aromatic heterocycles. The third-order valence-electron chi connectivity index (χ3n) is 12.8. The van der Waals surface area contributed by atoms with Gasteiger partial charge < -0.3 is 20.3 Å². The van der Waals surface area contributed by atoms with Crippen LogP contribution in [0.15, 0.2) is 60.8 Å². The van der Waals surface area contributed by atoms with Gasteiger partial charge in [-0.25, -0.2) is 0 Å². The molecular weight excluding hydrogens is 815 g/mol. The fourth-order valence-corrected chi connectivity index (χ4v) is 8.49. The van der Waals surface area contributed by atoms with E-state index in [2.05, 4.69) is 86.8 Å². The molecule has 6 nitrogen and oxygen atoms in total. The summed E-state index contributed by atoms with van der Waals surface area (Å²) in [6.07, 6.45) is 67.1. The number of rotatable bonds is 51. The number of nitrogens with one attached hydrogen (secondary N) is 1. The molecule has 3 N–H and O–H groups in total. The molecule has 3 unspecified atom stereocenters. The fraction of sp³-hybridized carbons (Fsp3) is 0.800. The number of ether oxygens (including phenoxy) is 1. The summed E-state index contributed by atoms with van der Waals surface area (Å²) >= 11 is 0. The van der Waals surface area contributed by atoms with Crippen LogP contribution in [0.5, 0.6) is 0 Å². The zero-order chi connectivity index (χ0) is 48.1. The topological polar surface area (TPSA) is 95.9 Å². The van der Waals surface area contributed by atoms with Crippen molar-refractivity contribution in [3.63, 3.8) is 0 Å². The predicted molar refractivity (Wildman–Crippen MR) is 287 cm³/mol. The summed E-state index contributed by atoms with van der Waals surface area (Å²) < 4.78 is 5.94. The standard InChI is InChI=1S/C60H109NO5/c1-4-7-10-13-16-19-22-25-28-30-32-35-38-41-44-47-50-53-60(65)66-56(51-48-45-42-39-36-33-31-29-26-23-20-17-14-11-8-5-2)54-59(64)61-57(55-62)58(63)52-49-46-43-40-37-34-27-24-21-18-15-12-9-6-3/h16,19,25,28-29,31-33,35-36,56-58,62-63H,4-15,17-18,20-24,26-27,30,34,37-55H2,1-3H3,(H,61,64)/b19-16-,28-25-,31-29+,35-32-,36-33+. The van der Waals surface area contributed by atoms with Crippen LogP contribution in [0.25, 0.3) is 0 Å². The minimum absolute atomic E-state index is 0.0501. The van der Waals surface area contributed by atoms with Crippen molar-refractivity contribution in [2.75, 3.05) is 6.61 Å². The van der Waals surface area contributed by atoms with Crippen LogP contribution in [0.3, 0.4) is 0 Å². The zero-order valence-corrected chi connectivity index (χ0v) is 43.8. The molecule has 0 spiro atoms. The van der Waals surface area contributed by atoms with E-state index >= 15 is 0 Å². The van der Waals surface area contributed by atoms with E-state index in [-0.39, 0.29) is 24.9 Å². The minimum Gasteiger partial charge on any atom is -0.462 e. The summed E-state index contributed by atoms with van der Waals surface area (Å²) in [6, 6.07) is -0.717. The number of esters is 1. The maximum absolute atomic E-state index is 13.3. The second kappa shape index (κ2) is 53.5. The highest BCUT2D eigenvalue weighted by Crippen LogP contribution is 2.18. The van der Waals surface area contributed by atoms with Gasteiger partial charge in [-0.1, -0.05) is 242 Å². The molecule has 0 saturated carbocycles. The van der Waals surface area contributed by atoms with Gasteiger partial charge in [0.15, 0.2) is 0 Å². The molecule has 0 bridgehead atoms. The Bertz CT molecular complexity index is 1170. The summed E-state index contributed by atoms with van der Waals surface area (Å²) in [7, 11) is 0. The van der Waals surface area contributed by atoms with E-state index < -0.39 is 18.2 Å². The number of hydrogen-bond acceptors (Lipinski definition) is 5. The molecule has 66 heavy (non-hydrogen) atoms. The van der Waals surface area contributed by atoms with Gasteiger partial charge in [-0.15, -0.1) is 0 Å². The second-order valence-electron chi connectivity index (χ2n) is 19.4. The van der Waals surface area contributed by atoms with Crippen molar-refractivity contribution in [2.45, 2.75) is 302 Å². The van der Waals surface area contributed by atoms with Gasteiger partial charge in [0.2, 0.25) is 5.91 Å². The first kappa shape index (κ1) is 63.6. The number of carbonyl (C=O) groups is 2. The van der Waals surface area contributed by atoms with E-state index in [4.69, 9.17) is 4.74 Å². The molecule has 0 rings (SSSR count). The summed E-state index contributed by atoms with van der Waals surface area (Å²) in [5, 5.41) is 23.9. The summed E-state index contributed by atoms with van der Waals surface area (Å²) in [5.74, 6) is -0.519. The lowest BCUT2D eigenvalue weighted by Gasteiger charge is -2.24. The highest BCUT2D eigenvalue weighted by Gasteiger charge is 2.24. The number of aliphatic hydroxyl groups excluding tert-OH is 2. The van der Waals surface area contributed by atoms with Crippen LogP contribution in [-0.2, 0) is 14.3 Å². The van der Waals surface area contributed by atoms with Gasteiger partial charge >= 0.3 is 5.97 Å². The molecule has 0 aromatic rings. The third-order valence-corrected chi connectivity index (χ3v) is 12.8. The molecule has 0 heterocycles. The van der Waals surface area contributed by atoms with Crippen LogP contribution in [0.1, 0.15) is 284 Å². The number of allylic oxidation sites excluding steroid dienone is 10. The Hall–Kier alpha value is -2.44. The Labute approximate surface area is 409 Å². The van der Waals surface area contributed by atoms with Gasteiger partial charge in [0.25, 0.3) is 0 Å². The van der Waals surface area contributed by atoms with Crippen molar-refractivity contribution in [3.8, 4) is 0 Å². The Morgan fingerprint density at radius 2 is 0.818 bits per heavy atom. The second-order valence-corrected chi connectivity index (χ2v) is 19.4. The van der Waals surface area contributed by atoms with Crippen LogP contribution in [0.2, 0.25) is 0 Å². The number of carbonyl (C=O) groups excluding carboxylic acids is 2. The molecule has 0 aliphatic rings. The van der Waals surface area contributed by atoms with E-state index in [1.807, 2.05) is 0 Å². The van der Waals surface area contributed by atoms with Crippen LogP contribution in [0.4, 0.5) is 0 Å². The predicted octanol–water partition coefficient (Wildman–Crippen LogP) is 17.6. The molecule has 0 saturated heterocycles. The molecule has 384 valence electrons. The first-order valence-electron chi connectivity index (χ1n) is 28.5. The van der Waals surface area contributed by atoms with Gasteiger partial charge in [0, 0.05) is 6.42 Å². The van der Waals surface area contributed by atoms with Crippen molar-refractivity contribution in [3.05, 3.63) is 60.8 Å². The van der Waals surface area contributed by atoms with Gasteiger partial charge in [0.05, 0.1) is 25.2 Å². The summed E-state index contributed by atoms with van der Waals surface area (Å²) in [6.45, 7) is 6.46. The SMILES string of the molecule is CCCCC/C=C\C/C=C\C/C=C\CCCCCCC(=O)OC(CCCCC/C=C/C=C/CCCCCCCCC)CC(=O)NC(CO)C(O)CCCCCCCCCCCCCCCC. The van der Waals surface area contributed by atoms with Gasteiger partial charge in [-0.3, -0.25) is 9.59 Å². The Morgan fingerprint density at radius 1 is 0.455 bits per heavy atom. The van der Waals surface area contributed by atoms with Crippen molar-refractivity contribution in [1.82, 2.24) is 5.32 Å². The number of hydrogen-bond donors (Lipinski definition) is 3. The zero-order valence-electron chi connectivity index (χ0n) is 43.8. The lowest BCUT2D eigenvalue weighted by Crippen LogP contribution is -2.46. The maximum atomic E-state index is 13.3. The molecular formula is C60H109NO5. The van der Waals surface area contributed by atoms with E-state index in [0.29, 0.717) is 19.3 Å². The van der Waals surface area contributed by atoms with Gasteiger partial charge in [-0.05, 0) is 89.9 Å². The molecule has 1 amide bonds. The van der Waals surface area contributed by atoms with E-state index in [1.165, 1.54) is 141 Å². The normalized spacial score (nSPS) is 13.6. The average molecular weight is 925 g/mol. The molecule has 0 aliphatic heterocycles. The van der Waals surface area contributed by atoms with E-state index in [9.17, 15) is 19.8 Å². The summed E-state index contributed by atoms with van der Waals surface area (Å²) in [4.78, 5) is 26.3. The Morgan fingerprint density at radius 3 is 1.30 bits per heavy atom. The van der Waals surface area contributed by atoms with Crippen LogP contribution >= 0.6 is 0 Å². The molecule has 0 fully saturated rings. The van der Waals surface area contributed by atoms with Gasteiger partial charge in [0.1, 0.15) is 6.10 Å². The first-order chi connectivity index (χ1) is 32.5. The van der Waals surface area contributed by atoms with Crippen molar-refractivity contribution >= 4 is 11.9 Å². The highest BCUT2D eigenvalue weighted by molar-refractivity contribution is 5.77. The molecule has 0 aliphatic carbocycles. The molecule has 3 atom stereocenters. The largest absolute Gasteiger partial charge is 0.462 e. The maximum Gasteiger partial charge on any atom is 0.306 e. The van der Waals surface area contributed by atoms with Crippen LogP contribution in [0, 0.1) is 0 Å². The Balaban J connectivity index is 4.66. The van der Waals surface area contributed by atoms with Gasteiger partial charge in [-0.2, -0.15) is 0 Å². The third kappa shape index (κ3) is 48.0. The number of unbranched alkanes of at least 4 members (excludes halogenated alkanes) is 30. The monoisotopic (exact) mass is 924 g/mol. The van der Waals surface area contributed by atoms with E-state index in [1.54, 1.807) is 0 Å². The average Bonchev–Trinajstić information content (AvgIpc) is 3.31. The van der Waals surface area contributed by atoms with Crippen molar-refractivity contribution in [2.24, 2.45) is 0 Å². The summed E-state index contributed by atoms with van der Waals surface area (Å²) in [5.41, 5.74) is 0. The molecule has 6 heteroatoms. The molecule has 0 aromatic carbocycles. The van der Waals surface area contributed by atoms with E-state index in [0.717, 1.165) is 96.3 Å². The smallest absolute Gasteiger partial charge is 0.306 e. The fourth-order valence-electron chi connectivity index (χ4n) is 8.49. The lowest BCUT2D eigenvalue weighted by molar-refractivity contribution is -0.151.